The fourth-order valence-corrected chi connectivity index (χ4v) is 1.98. The van der Waals surface area contributed by atoms with Gasteiger partial charge in [-0.15, -0.1) is 0 Å². The second kappa shape index (κ2) is 7.58. The quantitative estimate of drug-likeness (QED) is 0.377. The van der Waals surface area contributed by atoms with Gasteiger partial charge in [0.05, 0.1) is 0 Å². The van der Waals surface area contributed by atoms with E-state index in [0.717, 1.165) is 6.92 Å². The Morgan fingerprint density at radius 3 is 1.44 bits per heavy atom. The molecule has 0 fully saturated rings. The molecule has 0 heterocycles. The van der Waals surface area contributed by atoms with E-state index in [1.807, 2.05) is 0 Å². The number of aliphatic hydroxyl groups is 2. The number of aliphatic hydroxyl groups excluding tert-OH is 1. The van der Waals surface area contributed by atoms with Crippen LogP contribution in [0.25, 0.3) is 0 Å². The monoisotopic (exact) mass is 358 g/mol. The fraction of sp³-hybridized carbons (Fsp3) is 0.500. The van der Waals surface area contributed by atoms with Crippen LogP contribution in [-0.4, -0.2) is 60.9 Å². The molecule has 9 nitrogen and oxygen atoms in total. The molecule has 0 saturated heterocycles. The van der Waals surface area contributed by atoms with E-state index >= 15 is 0 Å². The first-order valence-electron chi connectivity index (χ1n) is 7.12. The molecular weight excluding hydrogens is 336 g/mol. The van der Waals surface area contributed by atoms with E-state index in [1.54, 1.807) is 0 Å². The van der Waals surface area contributed by atoms with E-state index in [0.29, 0.717) is 24.3 Å². The van der Waals surface area contributed by atoms with Gasteiger partial charge in [-0.1, -0.05) is 20.8 Å². The van der Waals surface area contributed by atoms with Crippen LogP contribution in [0.4, 0.5) is 0 Å². The number of hydrogen-bond donors (Lipinski definition) is 5. The SMILES string of the molecule is CC(C)(C)C(=O)C(O)C(C)(C(=O)O)C(O)(C=CC(=O)O)C=CC(=O)O. The first-order chi connectivity index (χ1) is 11.1. The van der Waals surface area contributed by atoms with Crippen molar-refractivity contribution in [1.82, 2.24) is 0 Å². The fourth-order valence-electron chi connectivity index (χ4n) is 1.98. The molecule has 2 atom stereocenters. The molecule has 0 aromatic rings. The summed E-state index contributed by atoms with van der Waals surface area (Å²) < 4.78 is 0. The smallest absolute Gasteiger partial charge is 0.328 e. The lowest BCUT2D eigenvalue weighted by Gasteiger charge is -2.42. The van der Waals surface area contributed by atoms with Crippen molar-refractivity contribution in [3.05, 3.63) is 24.3 Å². The van der Waals surface area contributed by atoms with Crippen LogP contribution in [0, 0.1) is 10.8 Å². The lowest BCUT2D eigenvalue weighted by molar-refractivity contribution is -0.177. The van der Waals surface area contributed by atoms with E-state index in [4.69, 9.17) is 10.2 Å². The standard InChI is InChI=1S/C16H22O9/c1-14(2,3)11(21)12(22)15(4,13(23)24)16(25,7-5-9(17)18)8-6-10(19)20/h5-8,12,22,25H,1-4H3,(H,17,18)(H,19,20)(H,23,24). The van der Waals surface area contributed by atoms with Crippen LogP contribution < -0.4 is 0 Å². The number of carboxylic acids is 3. The van der Waals surface area contributed by atoms with Crippen molar-refractivity contribution in [3.63, 3.8) is 0 Å². The number of carbonyl (C=O) groups excluding carboxylic acids is 1. The summed E-state index contributed by atoms with van der Waals surface area (Å²) in [5, 5.41) is 48.0. The summed E-state index contributed by atoms with van der Waals surface area (Å²) in [5.74, 6) is -5.86. The molecule has 9 heteroatoms. The van der Waals surface area contributed by atoms with E-state index in [1.165, 1.54) is 20.8 Å². The van der Waals surface area contributed by atoms with Gasteiger partial charge in [-0.05, 0) is 19.1 Å². The highest BCUT2D eigenvalue weighted by molar-refractivity contribution is 5.95. The van der Waals surface area contributed by atoms with Gasteiger partial charge in [0.15, 0.2) is 5.78 Å². The van der Waals surface area contributed by atoms with E-state index in [9.17, 15) is 34.5 Å². The molecule has 0 amide bonds. The summed E-state index contributed by atoms with van der Waals surface area (Å²) in [6, 6.07) is 0. The Bertz CT molecular complexity index is 600. The summed E-state index contributed by atoms with van der Waals surface area (Å²) in [5.41, 5.74) is -6.62. The summed E-state index contributed by atoms with van der Waals surface area (Å²) in [4.78, 5) is 45.6. The number of Topliss-reactive ketones (excluding diaryl/α,β-unsaturated/α-hetero) is 1. The van der Waals surface area contributed by atoms with Gasteiger partial charge in [0.1, 0.15) is 17.1 Å². The van der Waals surface area contributed by atoms with Crippen molar-refractivity contribution in [3.8, 4) is 0 Å². The van der Waals surface area contributed by atoms with Crippen molar-refractivity contribution in [1.29, 1.82) is 0 Å². The Hall–Kier alpha value is -2.52. The topological polar surface area (TPSA) is 169 Å². The average molecular weight is 358 g/mol. The third-order valence-corrected chi connectivity index (χ3v) is 3.77. The van der Waals surface area contributed by atoms with Crippen molar-refractivity contribution in [2.75, 3.05) is 0 Å². The molecule has 0 spiro atoms. The van der Waals surface area contributed by atoms with Gasteiger partial charge >= 0.3 is 17.9 Å². The summed E-state index contributed by atoms with van der Waals surface area (Å²) >= 11 is 0. The Labute approximate surface area is 143 Å². The van der Waals surface area contributed by atoms with E-state index < -0.39 is 46.2 Å². The lowest BCUT2D eigenvalue weighted by atomic mass is 9.65. The van der Waals surface area contributed by atoms with Gasteiger partial charge in [0.2, 0.25) is 0 Å². The van der Waals surface area contributed by atoms with Crippen LogP contribution in [0.5, 0.6) is 0 Å². The van der Waals surface area contributed by atoms with Gasteiger partial charge in [-0.2, -0.15) is 0 Å². The van der Waals surface area contributed by atoms with Crippen LogP contribution in [-0.2, 0) is 19.2 Å². The molecule has 5 N–H and O–H groups in total. The minimum atomic E-state index is -2.78. The Morgan fingerprint density at radius 2 is 1.20 bits per heavy atom. The second-order valence-electron chi connectivity index (χ2n) is 6.69. The highest BCUT2D eigenvalue weighted by Gasteiger charge is 2.58. The normalized spacial score (nSPS) is 18.5. The van der Waals surface area contributed by atoms with Gasteiger partial charge in [0, 0.05) is 17.6 Å². The van der Waals surface area contributed by atoms with Gasteiger partial charge < -0.3 is 25.5 Å². The number of carboxylic acid groups (broad SMARTS) is 3. The molecule has 140 valence electrons. The molecule has 0 aliphatic heterocycles. The maximum atomic E-state index is 12.3. The highest BCUT2D eigenvalue weighted by atomic mass is 16.4. The molecule has 0 aliphatic rings. The third kappa shape index (κ3) is 4.97. The van der Waals surface area contributed by atoms with Crippen LogP contribution in [0.15, 0.2) is 24.3 Å². The lowest BCUT2D eigenvalue weighted by Crippen LogP contribution is -2.60. The van der Waals surface area contributed by atoms with Crippen LogP contribution >= 0.6 is 0 Å². The predicted octanol–water partition coefficient (Wildman–Crippen LogP) is 0.0661. The zero-order valence-electron chi connectivity index (χ0n) is 14.3. The van der Waals surface area contributed by atoms with Gasteiger partial charge in [-0.3, -0.25) is 9.59 Å². The van der Waals surface area contributed by atoms with Crippen molar-refractivity contribution >= 4 is 23.7 Å². The number of rotatable bonds is 8. The maximum absolute atomic E-state index is 12.3. The zero-order chi connectivity index (χ0) is 20.2. The van der Waals surface area contributed by atoms with Crippen LogP contribution in [0.3, 0.4) is 0 Å². The molecule has 2 unspecified atom stereocenters. The molecule has 0 aliphatic carbocycles. The molecule has 0 aromatic heterocycles. The molecule has 0 saturated carbocycles. The third-order valence-electron chi connectivity index (χ3n) is 3.77. The van der Waals surface area contributed by atoms with Gasteiger partial charge in [0.25, 0.3) is 0 Å². The molecule has 0 rings (SSSR count). The number of aliphatic carboxylic acids is 3. The van der Waals surface area contributed by atoms with Crippen molar-refractivity contribution < 1.29 is 44.7 Å². The minimum Gasteiger partial charge on any atom is -0.481 e. The highest BCUT2D eigenvalue weighted by Crippen LogP contribution is 2.40. The van der Waals surface area contributed by atoms with Crippen molar-refractivity contribution in [2.45, 2.75) is 39.4 Å². The predicted molar refractivity (Wildman–Crippen MR) is 84.7 cm³/mol. The van der Waals surface area contributed by atoms with Crippen LogP contribution in [0.1, 0.15) is 27.7 Å². The summed E-state index contributed by atoms with van der Waals surface area (Å²) in [6.45, 7) is 5.07. The van der Waals surface area contributed by atoms with Gasteiger partial charge in [-0.25, -0.2) is 9.59 Å². The molecular formula is C16H22O9. The molecule has 0 bridgehead atoms. The minimum absolute atomic E-state index is 0.391. The molecule has 0 radical (unpaired) electrons. The first kappa shape index (κ1) is 22.5. The molecule has 0 aromatic carbocycles. The number of carbonyl (C=O) groups is 4. The Balaban J connectivity index is 6.51. The molecule has 25 heavy (non-hydrogen) atoms. The number of ketones is 1. The van der Waals surface area contributed by atoms with E-state index in [-0.39, 0.29) is 0 Å². The summed E-state index contributed by atoms with van der Waals surface area (Å²) in [7, 11) is 0. The second-order valence-corrected chi connectivity index (χ2v) is 6.69. The van der Waals surface area contributed by atoms with Crippen LogP contribution in [0.2, 0.25) is 0 Å². The Kier molecular flexibility index (Phi) is 6.81. The Morgan fingerprint density at radius 1 is 0.840 bits per heavy atom. The maximum Gasteiger partial charge on any atom is 0.328 e. The average Bonchev–Trinajstić information content (AvgIpc) is 2.47. The van der Waals surface area contributed by atoms with E-state index in [2.05, 4.69) is 0 Å². The zero-order valence-corrected chi connectivity index (χ0v) is 14.3. The van der Waals surface area contributed by atoms with Crippen molar-refractivity contribution in [2.24, 2.45) is 10.8 Å². The first-order valence-corrected chi connectivity index (χ1v) is 7.12. The largest absolute Gasteiger partial charge is 0.481 e. The summed E-state index contributed by atoms with van der Waals surface area (Å²) in [6.07, 6.45) is -0.472. The number of hydrogen-bond acceptors (Lipinski definition) is 6.